The van der Waals surface area contributed by atoms with Crippen LogP contribution in [0.1, 0.15) is 40.0 Å². The number of piperidine rings is 1. The minimum absolute atomic E-state index is 0.392. The molecule has 0 aromatic rings. The summed E-state index contributed by atoms with van der Waals surface area (Å²) in [6, 6.07) is 0.606. The van der Waals surface area contributed by atoms with Gasteiger partial charge >= 0.3 is 0 Å². The minimum atomic E-state index is 0.392. The van der Waals surface area contributed by atoms with E-state index in [-0.39, 0.29) is 0 Å². The summed E-state index contributed by atoms with van der Waals surface area (Å²) in [6.07, 6.45) is 4.36. The van der Waals surface area contributed by atoms with Crippen molar-refractivity contribution >= 4 is 0 Å². The molecular formula is C11H23NO. The zero-order valence-corrected chi connectivity index (χ0v) is 9.18. The van der Waals surface area contributed by atoms with E-state index in [1.165, 1.54) is 25.8 Å². The van der Waals surface area contributed by atoms with Gasteiger partial charge < -0.3 is 10.1 Å². The fourth-order valence-corrected chi connectivity index (χ4v) is 1.53. The summed E-state index contributed by atoms with van der Waals surface area (Å²) < 4.78 is 5.78. The van der Waals surface area contributed by atoms with E-state index < -0.39 is 0 Å². The first-order valence-electron chi connectivity index (χ1n) is 5.55. The number of rotatable bonds is 4. The van der Waals surface area contributed by atoms with Crippen LogP contribution in [0.4, 0.5) is 0 Å². The van der Waals surface area contributed by atoms with Crippen molar-refractivity contribution in [2.45, 2.75) is 52.2 Å². The first-order valence-corrected chi connectivity index (χ1v) is 5.55. The van der Waals surface area contributed by atoms with Crippen LogP contribution in [0, 0.1) is 5.92 Å². The summed E-state index contributed by atoms with van der Waals surface area (Å²) in [7, 11) is 0. The zero-order chi connectivity index (χ0) is 9.68. The van der Waals surface area contributed by atoms with E-state index in [0.29, 0.717) is 18.1 Å². The quantitative estimate of drug-likeness (QED) is 0.725. The third-order valence-corrected chi connectivity index (χ3v) is 2.91. The summed E-state index contributed by atoms with van der Waals surface area (Å²) >= 11 is 0. The fraction of sp³-hybridized carbons (Fsp3) is 1.00. The summed E-state index contributed by atoms with van der Waals surface area (Å²) in [5, 5.41) is 3.49. The highest BCUT2D eigenvalue weighted by Crippen LogP contribution is 2.10. The van der Waals surface area contributed by atoms with Crippen molar-refractivity contribution in [2.75, 3.05) is 13.2 Å². The van der Waals surface area contributed by atoms with Crippen molar-refractivity contribution < 1.29 is 4.74 Å². The average Bonchev–Trinajstić information content (AvgIpc) is 2.15. The molecule has 0 aromatic heterocycles. The SMILES string of the molecule is CC(C)[C@H](C)OC[C@H]1CCCCN1. The topological polar surface area (TPSA) is 21.3 Å². The minimum Gasteiger partial charge on any atom is -0.377 e. The molecule has 1 N–H and O–H groups in total. The standard InChI is InChI=1S/C11H23NO/c1-9(2)10(3)13-8-11-6-4-5-7-12-11/h9-12H,4-8H2,1-3H3/t10-,11+/m0/s1. The summed E-state index contributed by atoms with van der Waals surface area (Å²) in [4.78, 5) is 0. The van der Waals surface area contributed by atoms with Gasteiger partial charge in [0, 0.05) is 6.04 Å². The van der Waals surface area contributed by atoms with Crippen LogP contribution in [-0.2, 0) is 4.74 Å². The number of ether oxygens (including phenoxy) is 1. The normalized spacial score (nSPS) is 26.3. The van der Waals surface area contributed by atoms with Gasteiger partial charge in [0.05, 0.1) is 12.7 Å². The molecule has 1 fully saturated rings. The van der Waals surface area contributed by atoms with Crippen molar-refractivity contribution in [3.8, 4) is 0 Å². The average molecular weight is 185 g/mol. The Bertz CT molecular complexity index is 130. The lowest BCUT2D eigenvalue weighted by Crippen LogP contribution is -2.38. The molecule has 1 aliphatic heterocycles. The van der Waals surface area contributed by atoms with Crippen LogP contribution in [0.2, 0.25) is 0 Å². The second-order valence-electron chi connectivity index (χ2n) is 4.43. The smallest absolute Gasteiger partial charge is 0.0623 e. The molecule has 1 saturated heterocycles. The molecule has 1 rings (SSSR count). The van der Waals surface area contributed by atoms with E-state index in [4.69, 9.17) is 4.74 Å². The van der Waals surface area contributed by atoms with Crippen molar-refractivity contribution in [3.63, 3.8) is 0 Å². The summed E-state index contributed by atoms with van der Waals surface area (Å²) in [5.41, 5.74) is 0. The second-order valence-corrected chi connectivity index (χ2v) is 4.43. The molecular weight excluding hydrogens is 162 g/mol. The zero-order valence-electron chi connectivity index (χ0n) is 9.18. The Morgan fingerprint density at radius 2 is 2.08 bits per heavy atom. The van der Waals surface area contributed by atoms with Gasteiger partial charge in [-0.05, 0) is 32.2 Å². The van der Waals surface area contributed by atoms with Gasteiger partial charge in [0.25, 0.3) is 0 Å². The van der Waals surface area contributed by atoms with Crippen LogP contribution in [0.3, 0.4) is 0 Å². The molecule has 0 radical (unpaired) electrons. The maximum Gasteiger partial charge on any atom is 0.0623 e. The van der Waals surface area contributed by atoms with Crippen molar-refractivity contribution in [1.29, 1.82) is 0 Å². The van der Waals surface area contributed by atoms with E-state index in [2.05, 4.69) is 26.1 Å². The Hall–Kier alpha value is -0.0800. The molecule has 0 saturated carbocycles. The molecule has 0 amide bonds. The molecule has 0 aromatic carbocycles. The summed E-state index contributed by atoms with van der Waals surface area (Å²) in [6.45, 7) is 8.63. The molecule has 2 nitrogen and oxygen atoms in total. The maximum absolute atomic E-state index is 5.78. The molecule has 2 atom stereocenters. The highest BCUT2D eigenvalue weighted by molar-refractivity contribution is 4.72. The predicted octanol–water partition coefficient (Wildman–Crippen LogP) is 2.19. The van der Waals surface area contributed by atoms with E-state index in [0.717, 1.165) is 6.61 Å². The molecule has 13 heavy (non-hydrogen) atoms. The van der Waals surface area contributed by atoms with Gasteiger partial charge in [-0.2, -0.15) is 0 Å². The van der Waals surface area contributed by atoms with Crippen LogP contribution in [0.15, 0.2) is 0 Å². The molecule has 0 spiro atoms. The molecule has 1 aliphatic rings. The van der Waals surface area contributed by atoms with Crippen LogP contribution in [0.25, 0.3) is 0 Å². The van der Waals surface area contributed by atoms with Crippen LogP contribution < -0.4 is 5.32 Å². The molecule has 0 aliphatic carbocycles. The van der Waals surface area contributed by atoms with Crippen molar-refractivity contribution in [1.82, 2.24) is 5.32 Å². The Labute approximate surface area is 82.0 Å². The number of hydrogen-bond acceptors (Lipinski definition) is 2. The first-order chi connectivity index (χ1) is 6.20. The molecule has 2 heteroatoms. The molecule has 78 valence electrons. The Morgan fingerprint density at radius 1 is 1.31 bits per heavy atom. The van der Waals surface area contributed by atoms with E-state index in [9.17, 15) is 0 Å². The molecule has 0 bridgehead atoms. The Morgan fingerprint density at radius 3 is 2.62 bits per heavy atom. The second kappa shape index (κ2) is 5.61. The number of nitrogens with one attached hydrogen (secondary N) is 1. The maximum atomic E-state index is 5.78. The lowest BCUT2D eigenvalue weighted by molar-refractivity contribution is 0.0183. The van der Waals surface area contributed by atoms with Gasteiger partial charge in [-0.3, -0.25) is 0 Å². The molecule has 1 heterocycles. The number of hydrogen-bond donors (Lipinski definition) is 1. The Balaban J connectivity index is 2.10. The van der Waals surface area contributed by atoms with E-state index >= 15 is 0 Å². The molecule has 0 unspecified atom stereocenters. The highest BCUT2D eigenvalue weighted by atomic mass is 16.5. The monoisotopic (exact) mass is 185 g/mol. The first kappa shape index (κ1) is 11.0. The Kier molecular flexibility index (Phi) is 4.74. The van der Waals surface area contributed by atoms with Gasteiger partial charge in [0.2, 0.25) is 0 Å². The summed E-state index contributed by atoms with van der Waals surface area (Å²) in [5.74, 6) is 0.628. The van der Waals surface area contributed by atoms with E-state index in [1.54, 1.807) is 0 Å². The third-order valence-electron chi connectivity index (χ3n) is 2.91. The lowest BCUT2D eigenvalue weighted by atomic mass is 10.1. The highest BCUT2D eigenvalue weighted by Gasteiger charge is 2.14. The van der Waals surface area contributed by atoms with Crippen LogP contribution in [-0.4, -0.2) is 25.3 Å². The van der Waals surface area contributed by atoms with Crippen LogP contribution >= 0.6 is 0 Å². The largest absolute Gasteiger partial charge is 0.377 e. The van der Waals surface area contributed by atoms with Gasteiger partial charge in [0.1, 0.15) is 0 Å². The van der Waals surface area contributed by atoms with Gasteiger partial charge in [-0.25, -0.2) is 0 Å². The predicted molar refractivity (Wildman–Crippen MR) is 55.9 cm³/mol. The van der Waals surface area contributed by atoms with Crippen molar-refractivity contribution in [3.05, 3.63) is 0 Å². The van der Waals surface area contributed by atoms with Gasteiger partial charge in [0.15, 0.2) is 0 Å². The van der Waals surface area contributed by atoms with Gasteiger partial charge in [-0.1, -0.05) is 20.3 Å². The van der Waals surface area contributed by atoms with E-state index in [1.807, 2.05) is 0 Å². The fourth-order valence-electron chi connectivity index (χ4n) is 1.53. The van der Waals surface area contributed by atoms with Crippen LogP contribution in [0.5, 0.6) is 0 Å². The van der Waals surface area contributed by atoms with Gasteiger partial charge in [-0.15, -0.1) is 0 Å². The van der Waals surface area contributed by atoms with Crippen molar-refractivity contribution in [2.24, 2.45) is 5.92 Å². The lowest BCUT2D eigenvalue weighted by Gasteiger charge is -2.26. The third kappa shape index (κ3) is 4.10.